The number of aromatic nitrogens is 1. The van der Waals surface area contributed by atoms with Gasteiger partial charge in [-0.2, -0.15) is 5.26 Å². The van der Waals surface area contributed by atoms with E-state index in [9.17, 15) is 14.4 Å². The number of nitriles is 1. The van der Waals surface area contributed by atoms with E-state index >= 15 is 0 Å². The number of methoxy groups -OCH3 is 2. The molecule has 2 amide bonds. The first kappa shape index (κ1) is 24.3. The van der Waals surface area contributed by atoms with E-state index in [-0.39, 0.29) is 0 Å². The molecule has 0 unspecified atom stereocenters. The summed E-state index contributed by atoms with van der Waals surface area (Å²) in [5.41, 5.74) is 3.80. The van der Waals surface area contributed by atoms with E-state index in [4.69, 9.17) is 9.47 Å². The maximum atomic E-state index is 13.3. The lowest BCUT2D eigenvalue weighted by Crippen LogP contribution is -2.19. The smallest absolute Gasteiger partial charge is 0.323 e. The van der Waals surface area contributed by atoms with Gasteiger partial charge in [0, 0.05) is 35.6 Å². The van der Waals surface area contributed by atoms with Gasteiger partial charge in [-0.05, 0) is 48.4 Å². The van der Waals surface area contributed by atoms with Crippen molar-refractivity contribution in [1.29, 1.82) is 5.26 Å². The molecule has 8 nitrogen and oxygen atoms in total. The molecule has 4 rings (SSSR count). The number of nitrogens with zero attached hydrogens (tertiary/aromatic N) is 2. The molecule has 36 heavy (non-hydrogen) atoms. The van der Waals surface area contributed by atoms with Crippen molar-refractivity contribution in [1.82, 2.24) is 4.98 Å². The summed E-state index contributed by atoms with van der Waals surface area (Å²) >= 11 is 0. The first-order valence-corrected chi connectivity index (χ1v) is 11.1. The zero-order valence-corrected chi connectivity index (χ0v) is 19.8. The summed E-state index contributed by atoms with van der Waals surface area (Å²) in [7, 11) is 3.12. The molecule has 0 aliphatic carbocycles. The Hall–Kier alpha value is -4.84. The average Bonchev–Trinajstić information content (AvgIpc) is 2.88. The summed E-state index contributed by atoms with van der Waals surface area (Å²) < 4.78 is 24.0. The number of pyridine rings is 1. The summed E-state index contributed by atoms with van der Waals surface area (Å²) in [6.07, 6.45) is 2.21. The predicted octanol–water partition coefficient (Wildman–Crippen LogP) is 5.56. The third kappa shape index (κ3) is 5.62. The highest BCUT2D eigenvalue weighted by atomic mass is 19.1. The quantitative estimate of drug-likeness (QED) is 0.302. The van der Waals surface area contributed by atoms with Crippen molar-refractivity contribution in [2.24, 2.45) is 0 Å². The van der Waals surface area contributed by atoms with Crippen molar-refractivity contribution in [3.63, 3.8) is 0 Å². The fourth-order valence-corrected chi connectivity index (χ4v) is 3.74. The highest BCUT2D eigenvalue weighted by Crippen LogP contribution is 2.35. The molecule has 0 aliphatic rings. The van der Waals surface area contributed by atoms with Crippen LogP contribution in [0.2, 0.25) is 0 Å². The van der Waals surface area contributed by atoms with Crippen LogP contribution in [0.15, 0.2) is 66.9 Å². The summed E-state index contributed by atoms with van der Waals surface area (Å²) in [6, 6.07) is 18.4. The lowest BCUT2D eigenvalue weighted by atomic mass is 10.1. The van der Waals surface area contributed by atoms with E-state index < -0.39 is 11.8 Å². The third-order valence-corrected chi connectivity index (χ3v) is 5.50. The van der Waals surface area contributed by atoms with Crippen molar-refractivity contribution in [2.75, 3.05) is 36.7 Å². The number of halogens is 1. The predicted molar refractivity (Wildman–Crippen MR) is 137 cm³/mol. The molecule has 9 heteroatoms. The molecule has 0 bridgehead atoms. The normalized spacial score (nSPS) is 10.4. The van der Waals surface area contributed by atoms with Crippen LogP contribution in [0.3, 0.4) is 0 Å². The SMILES string of the molecule is COc1cc2ncc(C#N)c(NCCc3ccc(NC(=O)Nc4cccc(F)c4)cc3)c2cc1OC. The molecule has 4 aromatic rings. The van der Waals surface area contributed by atoms with Crippen molar-refractivity contribution < 1.29 is 18.7 Å². The van der Waals surface area contributed by atoms with Gasteiger partial charge in [0.2, 0.25) is 0 Å². The summed E-state index contributed by atoms with van der Waals surface area (Å²) in [4.78, 5) is 16.5. The summed E-state index contributed by atoms with van der Waals surface area (Å²) in [5.74, 6) is 0.687. The number of ether oxygens (including phenoxy) is 2. The molecule has 3 aromatic carbocycles. The molecule has 182 valence electrons. The van der Waals surface area contributed by atoms with Crippen LogP contribution in [0.4, 0.5) is 26.2 Å². The molecule has 1 aromatic heterocycles. The van der Waals surface area contributed by atoms with Crippen molar-refractivity contribution in [3.05, 3.63) is 83.8 Å². The van der Waals surface area contributed by atoms with Crippen LogP contribution in [0.5, 0.6) is 11.5 Å². The maximum Gasteiger partial charge on any atom is 0.323 e. The van der Waals surface area contributed by atoms with Crippen LogP contribution in [-0.2, 0) is 6.42 Å². The molecular formula is C27H24FN5O3. The molecule has 3 N–H and O–H groups in total. The number of carbonyl (C=O) groups is 1. The Bertz CT molecular complexity index is 1430. The third-order valence-electron chi connectivity index (χ3n) is 5.50. The zero-order valence-electron chi connectivity index (χ0n) is 19.8. The van der Waals surface area contributed by atoms with E-state index in [1.54, 1.807) is 44.6 Å². The van der Waals surface area contributed by atoms with E-state index in [0.717, 1.165) is 10.9 Å². The standard InChI is InChI=1S/C27H24FN5O3/c1-35-24-13-22-23(14-25(24)36-2)31-16-18(15-29)26(22)30-11-10-17-6-8-20(9-7-17)32-27(34)33-21-5-3-4-19(28)12-21/h3-9,12-14,16H,10-11H2,1-2H3,(H,30,31)(H2,32,33,34). The van der Waals surface area contributed by atoms with Gasteiger partial charge >= 0.3 is 6.03 Å². The number of amides is 2. The number of nitrogens with one attached hydrogen (secondary N) is 3. The molecule has 0 saturated carbocycles. The number of benzene rings is 3. The summed E-state index contributed by atoms with van der Waals surface area (Å²) in [5, 5.41) is 19.0. The van der Waals surface area contributed by atoms with Gasteiger partial charge < -0.3 is 25.4 Å². The van der Waals surface area contributed by atoms with E-state index in [1.165, 1.54) is 24.4 Å². The first-order valence-electron chi connectivity index (χ1n) is 11.1. The molecule has 0 saturated heterocycles. The summed E-state index contributed by atoms with van der Waals surface area (Å²) in [6.45, 7) is 0.564. The van der Waals surface area contributed by atoms with Crippen LogP contribution >= 0.6 is 0 Å². The highest BCUT2D eigenvalue weighted by molar-refractivity contribution is 5.99. The van der Waals surface area contributed by atoms with Crippen molar-refractivity contribution >= 4 is 34.0 Å². The Morgan fingerprint density at radius 2 is 1.72 bits per heavy atom. The van der Waals surface area contributed by atoms with Crippen molar-refractivity contribution in [3.8, 4) is 17.6 Å². The van der Waals surface area contributed by atoms with E-state index in [2.05, 4.69) is 27.0 Å². The van der Waals surface area contributed by atoms with Crippen LogP contribution < -0.4 is 25.4 Å². The largest absolute Gasteiger partial charge is 0.493 e. The number of anilines is 3. The molecule has 0 fully saturated rings. The molecule has 0 atom stereocenters. The number of carbonyl (C=O) groups excluding carboxylic acids is 1. The minimum Gasteiger partial charge on any atom is -0.493 e. The van der Waals surface area contributed by atoms with Crippen LogP contribution in [0.25, 0.3) is 10.9 Å². The van der Waals surface area contributed by atoms with Gasteiger partial charge in [-0.3, -0.25) is 4.98 Å². The Balaban J connectivity index is 1.40. The average molecular weight is 486 g/mol. The van der Waals surface area contributed by atoms with Gasteiger partial charge in [0.1, 0.15) is 11.9 Å². The second-order valence-corrected chi connectivity index (χ2v) is 7.85. The minimum atomic E-state index is -0.462. The highest BCUT2D eigenvalue weighted by Gasteiger charge is 2.13. The second-order valence-electron chi connectivity index (χ2n) is 7.85. The molecule has 0 aliphatic heterocycles. The molecular weight excluding hydrogens is 461 g/mol. The van der Waals surface area contributed by atoms with Gasteiger partial charge in [0.05, 0.1) is 31.0 Å². The fourth-order valence-electron chi connectivity index (χ4n) is 3.74. The topological polar surface area (TPSA) is 108 Å². The molecule has 1 heterocycles. The Kier molecular flexibility index (Phi) is 7.46. The minimum absolute atomic E-state index is 0.367. The number of urea groups is 1. The van der Waals surface area contributed by atoms with E-state index in [1.807, 2.05) is 12.1 Å². The lowest BCUT2D eigenvalue weighted by Gasteiger charge is -2.14. The first-order chi connectivity index (χ1) is 17.5. The van der Waals surface area contributed by atoms with Crippen molar-refractivity contribution in [2.45, 2.75) is 6.42 Å². The van der Waals surface area contributed by atoms with Crippen LogP contribution in [0.1, 0.15) is 11.1 Å². The Labute approximate surface area is 207 Å². The van der Waals surface area contributed by atoms with Gasteiger partial charge in [-0.25, -0.2) is 9.18 Å². The number of hydrogen-bond donors (Lipinski definition) is 3. The monoisotopic (exact) mass is 485 g/mol. The lowest BCUT2D eigenvalue weighted by molar-refractivity contribution is 0.262. The van der Waals surface area contributed by atoms with Crippen LogP contribution in [0, 0.1) is 17.1 Å². The van der Waals surface area contributed by atoms with E-state index in [0.29, 0.717) is 52.6 Å². The maximum absolute atomic E-state index is 13.3. The number of hydrogen-bond acceptors (Lipinski definition) is 6. The second kappa shape index (κ2) is 11.1. The van der Waals surface area contributed by atoms with Gasteiger partial charge in [0.25, 0.3) is 0 Å². The molecule has 0 spiro atoms. The zero-order chi connectivity index (χ0) is 25.5. The Morgan fingerprint density at radius 3 is 2.42 bits per heavy atom. The number of rotatable bonds is 8. The number of fused-ring (bicyclic) bond motifs is 1. The Morgan fingerprint density at radius 1 is 1.00 bits per heavy atom. The molecule has 0 radical (unpaired) electrons. The van der Waals surface area contributed by atoms with Crippen LogP contribution in [-0.4, -0.2) is 31.8 Å². The fraction of sp³-hybridized carbons (Fsp3) is 0.148. The van der Waals surface area contributed by atoms with Gasteiger partial charge in [-0.1, -0.05) is 18.2 Å². The van der Waals surface area contributed by atoms with Gasteiger partial charge in [-0.15, -0.1) is 0 Å². The van der Waals surface area contributed by atoms with Gasteiger partial charge in [0.15, 0.2) is 11.5 Å².